The Morgan fingerprint density at radius 3 is 2.52 bits per heavy atom. The minimum atomic E-state index is -0.925. The molecule has 2 atom stereocenters. The molecule has 31 heavy (non-hydrogen) atoms. The van der Waals surface area contributed by atoms with Gasteiger partial charge in [-0.15, -0.1) is 0 Å². The van der Waals surface area contributed by atoms with Gasteiger partial charge in [0.05, 0.1) is 10.0 Å². The third-order valence-corrected chi connectivity index (χ3v) is 7.85. The number of rotatable bonds is 7. The van der Waals surface area contributed by atoms with Crippen molar-refractivity contribution in [2.24, 2.45) is 5.92 Å². The van der Waals surface area contributed by atoms with Crippen LogP contribution in [-0.4, -0.2) is 21.8 Å². The van der Waals surface area contributed by atoms with E-state index in [0.717, 1.165) is 19.3 Å². The lowest BCUT2D eigenvalue weighted by Crippen LogP contribution is -2.46. The lowest BCUT2D eigenvalue weighted by molar-refractivity contribution is -0.133. The summed E-state index contributed by atoms with van der Waals surface area (Å²) in [5, 5.41) is 21.5. The fraction of sp³-hybridized carbons (Fsp3) is 0.640. The average Bonchev–Trinajstić information content (AvgIpc) is 2.68. The summed E-state index contributed by atoms with van der Waals surface area (Å²) >= 11 is 13.7. The van der Waals surface area contributed by atoms with Crippen molar-refractivity contribution < 1.29 is 19.7 Å². The lowest BCUT2D eigenvalue weighted by Gasteiger charge is -2.47. The number of hydrogen-bond donors (Lipinski definition) is 2. The number of carboxylic acid groups (broad SMARTS) is 1. The van der Waals surface area contributed by atoms with Crippen LogP contribution in [0.5, 0.6) is 11.5 Å². The number of phenols is 1. The molecular formula is C25H34Cl2O4. The smallest absolute Gasteiger partial charge is 0.331 e. The molecule has 0 unspecified atom stereocenters. The molecule has 0 spiro atoms. The molecule has 1 aromatic rings. The zero-order chi connectivity index (χ0) is 23.1. The highest BCUT2D eigenvalue weighted by atomic mass is 35.5. The summed E-state index contributed by atoms with van der Waals surface area (Å²) in [5.41, 5.74) is 0.735. The normalized spacial score (nSPS) is 22.2. The number of hydrogen-bond acceptors (Lipinski definition) is 3. The first-order valence-electron chi connectivity index (χ1n) is 11.3. The Balaban J connectivity index is 2.10. The summed E-state index contributed by atoms with van der Waals surface area (Å²) in [7, 11) is 0. The second kappa shape index (κ2) is 8.86. The third kappa shape index (κ3) is 4.43. The van der Waals surface area contributed by atoms with E-state index in [1.54, 1.807) is 6.08 Å². The molecule has 4 nitrogen and oxygen atoms in total. The van der Waals surface area contributed by atoms with E-state index in [-0.39, 0.29) is 28.0 Å². The van der Waals surface area contributed by atoms with E-state index >= 15 is 0 Å². The second-order valence-corrected chi connectivity index (χ2v) is 10.9. The van der Waals surface area contributed by atoms with Gasteiger partial charge in [-0.2, -0.15) is 0 Å². The van der Waals surface area contributed by atoms with Crippen LogP contribution in [0.1, 0.15) is 96.6 Å². The highest BCUT2D eigenvalue weighted by molar-refractivity contribution is 6.38. The monoisotopic (exact) mass is 468 g/mol. The molecule has 2 N–H and O–H groups in total. The number of halogens is 2. The van der Waals surface area contributed by atoms with Gasteiger partial charge in [0.15, 0.2) is 0 Å². The third-order valence-electron chi connectivity index (χ3n) is 7.13. The number of phenolic OH excluding ortho intramolecular Hbond substituents is 1. The van der Waals surface area contributed by atoms with Crippen LogP contribution in [0.25, 0.3) is 0 Å². The van der Waals surface area contributed by atoms with Crippen LogP contribution in [-0.2, 0) is 10.2 Å². The SMILES string of the molecule is CCCCCCC(C)(C)c1c(Cl)c(O)c2c(c1Cl)OC(C)(C)[C@@H]1CC=C(C(=O)O)C[C@@H]21. The van der Waals surface area contributed by atoms with Gasteiger partial charge < -0.3 is 14.9 Å². The summed E-state index contributed by atoms with van der Waals surface area (Å²) in [4.78, 5) is 11.6. The molecule has 0 aromatic heterocycles. The number of fused-ring (bicyclic) bond motifs is 3. The minimum absolute atomic E-state index is 0.0187. The number of ether oxygens (including phenoxy) is 1. The van der Waals surface area contributed by atoms with E-state index in [9.17, 15) is 15.0 Å². The van der Waals surface area contributed by atoms with Crippen molar-refractivity contribution in [3.63, 3.8) is 0 Å². The first kappa shape index (κ1) is 24.3. The van der Waals surface area contributed by atoms with Crippen molar-refractivity contribution in [2.45, 2.75) is 96.5 Å². The van der Waals surface area contributed by atoms with Gasteiger partial charge in [-0.25, -0.2) is 4.79 Å². The zero-order valence-electron chi connectivity index (χ0n) is 19.1. The molecule has 6 heteroatoms. The van der Waals surface area contributed by atoms with Crippen molar-refractivity contribution in [1.29, 1.82) is 0 Å². The maximum atomic E-state index is 11.6. The summed E-state index contributed by atoms with van der Waals surface area (Å²) < 4.78 is 6.40. The summed E-state index contributed by atoms with van der Waals surface area (Å²) in [6.07, 6.45) is 8.10. The van der Waals surface area contributed by atoms with Gasteiger partial charge in [-0.3, -0.25) is 0 Å². The van der Waals surface area contributed by atoms with Gasteiger partial charge >= 0.3 is 5.97 Å². The van der Waals surface area contributed by atoms with Crippen molar-refractivity contribution in [1.82, 2.24) is 0 Å². The first-order chi connectivity index (χ1) is 14.4. The Hall–Kier alpha value is -1.39. The molecule has 2 aliphatic rings. The van der Waals surface area contributed by atoms with Crippen LogP contribution in [0, 0.1) is 5.92 Å². The fourth-order valence-electron chi connectivity index (χ4n) is 5.31. The molecule has 0 saturated heterocycles. The highest BCUT2D eigenvalue weighted by Crippen LogP contribution is 2.60. The van der Waals surface area contributed by atoms with E-state index in [1.165, 1.54) is 12.8 Å². The molecule has 1 aliphatic carbocycles. The largest absolute Gasteiger partial charge is 0.506 e. The fourth-order valence-corrected chi connectivity index (χ4v) is 6.30. The molecule has 0 radical (unpaired) electrons. The Morgan fingerprint density at radius 1 is 1.23 bits per heavy atom. The van der Waals surface area contributed by atoms with E-state index in [4.69, 9.17) is 27.9 Å². The quantitative estimate of drug-likeness (QED) is 0.403. The molecule has 172 valence electrons. The molecule has 0 saturated carbocycles. The van der Waals surface area contributed by atoms with E-state index in [1.807, 2.05) is 13.8 Å². The van der Waals surface area contributed by atoms with Gasteiger partial charge in [-0.05, 0) is 38.5 Å². The molecule has 1 aromatic carbocycles. The van der Waals surface area contributed by atoms with Crippen molar-refractivity contribution >= 4 is 29.2 Å². The van der Waals surface area contributed by atoms with Crippen LogP contribution in [0.2, 0.25) is 10.0 Å². The maximum Gasteiger partial charge on any atom is 0.331 e. The van der Waals surface area contributed by atoms with Crippen molar-refractivity contribution in [3.05, 3.63) is 32.8 Å². The number of aliphatic carboxylic acids is 1. The van der Waals surface area contributed by atoms with Gasteiger partial charge in [-0.1, -0.05) is 75.7 Å². The second-order valence-electron chi connectivity index (χ2n) is 10.2. The van der Waals surface area contributed by atoms with Gasteiger partial charge in [0.25, 0.3) is 0 Å². The molecule has 1 heterocycles. The number of unbranched alkanes of at least 4 members (excludes halogenated alkanes) is 3. The van der Waals surface area contributed by atoms with Crippen molar-refractivity contribution in [2.75, 3.05) is 0 Å². The lowest BCUT2D eigenvalue weighted by atomic mass is 9.66. The van der Waals surface area contributed by atoms with Gasteiger partial charge in [0.2, 0.25) is 0 Å². The summed E-state index contributed by atoms with van der Waals surface area (Å²) in [6.45, 7) is 10.4. The zero-order valence-corrected chi connectivity index (χ0v) is 20.7. The van der Waals surface area contributed by atoms with E-state index in [2.05, 4.69) is 20.8 Å². The Bertz CT molecular complexity index is 902. The Labute approximate surface area is 195 Å². The first-order valence-corrected chi connectivity index (χ1v) is 12.0. The summed E-state index contributed by atoms with van der Waals surface area (Å²) in [6, 6.07) is 0. The standard InChI is InChI=1S/C25H34Cl2O4/c1-6-7-8-9-12-24(2,3)18-19(26)21(28)17-15-13-14(23(29)30)10-11-16(15)25(4,5)31-22(17)20(18)27/h10,15-16,28H,6-9,11-13H2,1-5H3,(H,29,30)/t15-,16-/m1/s1. The number of carbonyl (C=O) groups is 1. The Kier molecular flexibility index (Phi) is 6.93. The van der Waals surface area contributed by atoms with Crippen LogP contribution in [0.3, 0.4) is 0 Å². The predicted octanol–water partition coefficient (Wildman–Crippen LogP) is 7.62. The van der Waals surface area contributed by atoms with Gasteiger partial charge in [0.1, 0.15) is 17.1 Å². The van der Waals surface area contributed by atoms with Crippen LogP contribution in [0.4, 0.5) is 0 Å². The molecule has 1 aliphatic heterocycles. The number of benzene rings is 1. The number of carboxylic acids is 1. The number of allylic oxidation sites excluding steroid dienone is 1. The number of aromatic hydroxyl groups is 1. The topological polar surface area (TPSA) is 66.8 Å². The summed E-state index contributed by atoms with van der Waals surface area (Å²) in [5.74, 6) is -0.681. The van der Waals surface area contributed by atoms with Gasteiger partial charge in [0, 0.05) is 28.5 Å². The molecule has 0 bridgehead atoms. The van der Waals surface area contributed by atoms with Crippen LogP contribution < -0.4 is 4.74 Å². The van der Waals surface area contributed by atoms with Crippen molar-refractivity contribution in [3.8, 4) is 11.5 Å². The average molecular weight is 469 g/mol. The molecular weight excluding hydrogens is 435 g/mol. The maximum absolute atomic E-state index is 11.6. The minimum Gasteiger partial charge on any atom is -0.506 e. The predicted molar refractivity (Wildman–Crippen MR) is 126 cm³/mol. The Morgan fingerprint density at radius 2 is 1.90 bits per heavy atom. The molecule has 3 rings (SSSR count). The van der Waals surface area contributed by atoms with Crippen LogP contribution in [0.15, 0.2) is 11.6 Å². The van der Waals surface area contributed by atoms with E-state index in [0.29, 0.717) is 40.3 Å². The van der Waals surface area contributed by atoms with Crippen LogP contribution >= 0.6 is 23.2 Å². The van der Waals surface area contributed by atoms with E-state index < -0.39 is 11.6 Å². The molecule has 0 amide bonds. The highest BCUT2D eigenvalue weighted by Gasteiger charge is 2.49. The molecule has 0 fully saturated rings.